The average Bonchev–Trinajstić information content (AvgIpc) is 3.27. The van der Waals surface area contributed by atoms with Crippen LogP contribution in [0.15, 0.2) is 108 Å². The Balaban J connectivity index is 0.000000178. The van der Waals surface area contributed by atoms with E-state index in [1.807, 2.05) is 18.2 Å². The Hall–Kier alpha value is -1.49. The van der Waals surface area contributed by atoms with Crippen molar-refractivity contribution >= 4 is 20.9 Å². The number of hydrogen-bond donors (Lipinski definition) is 0. The molecule has 0 heterocycles. The van der Waals surface area contributed by atoms with Crippen molar-refractivity contribution in [2.45, 2.75) is 52.5 Å². The van der Waals surface area contributed by atoms with Crippen LogP contribution >= 0.6 is 0 Å². The van der Waals surface area contributed by atoms with E-state index in [1.165, 1.54) is 68.0 Å². The summed E-state index contributed by atoms with van der Waals surface area (Å²) >= 11 is 1.26. The molecular weight excluding hydrogens is 685 g/mol. The first-order valence-electron chi connectivity index (χ1n) is 13.3. The third-order valence-electron chi connectivity index (χ3n) is 8.35. The summed E-state index contributed by atoms with van der Waals surface area (Å²) in [5, 5.41) is 0. The van der Waals surface area contributed by atoms with E-state index in [1.54, 1.807) is 0 Å². The fourth-order valence-electron chi connectivity index (χ4n) is 5.94. The van der Waals surface area contributed by atoms with Gasteiger partial charge in [-0.2, -0.15) is 11.1 Å². The Morgan fingerprint density at radius 2 is 1.08 bits per heavy atom. The van der Waals surface area contributed by atoms with E-state index in [0.29, 0.717) is 5.92 Å². The van der Waals surface area contributed by atoms with E-state index in [9.17, 15) is 0 Å². The third kappa shape index (κ3) is 8.50. The maximum atomic E-state index is 7.79. The van der Waals surface area contributed by atoms with Gasteiger partial charge >= 0.3 is 51.2 Å². The van der Waals surface area contributed by atoms with Crippen molar-refractivity contribution < 1.29 is 25.8 Å². The third-order valence-corrected chi connectivity index (χ3v) is 9.34. The summed E-state index contributed by atoms with van der Waals surface area (Å²) in [7, 11) is 0. The van der Waals surface area contributed by atoms with Gasteiger partial charge in [-0.3, -0.25) is 6.08 Å². The number of benzene rings is 3. The largest absolute Gasteiger partial charge is 0.672 e. The molecule has 0 amide bonds. The van der Waals surface area contributed by atoms with Crippen LogP contribution in [0.3, 0.4) is 0 Å². The van der Waals surface area contributed by atoms with Crippen LogP contribution in [0.25, 0.3) is 16.9 Å². The van der Waals surface area contributed by atoms with E-state index in [4.69, 9.17) is 5.73 Å². The molecule has 5 aliphatic rings. The zero-order valence-corrected chi connectivity index (χ0v) is 30.4. The molecule has 1 nitrogen and oxygen atoms in total. The molecule has 38 heavy (non-hydrogen) atoms. The molecule has 3 aromatic rings. The fraction of sp³-hybridized carbons (Fsp3) is 0.343. The summed E-state index contributed by atoms with van der Waals surface area (Å²) < 4.78 is 1.45. The SMILES string of the molecule is CC1=[C-]C(C)C(C)=C1C.[CH3-].[GeH2][c]1ccccc1.[Hf].[NH-]C12CC3C(C1)C3C2.c1ccc(-c2ccccc2)cc1. The first kappa shape index (κ1) is 32.7. The first-order chi connectivity index (χ1) is 17.3. The van der Waals surface area contributed by atoms with Gasteiger partial charge in [0, 0.05) is 25.8 Å². The van der Waals surface area contributed by atoms with Gasteiger partial charge in [0.2, 0.25) is 0 Å². The van der Waals surface area contributed by atoms with Crippen LogP contribution in [0, 0.1) is 37.2 Å². The summed E-state index contributed by atoms with van der Waals surface area (Å²) in [4.78, 5) is 0. The molecule has 4 fully saturated rings. The molecule has 0 saturated heterocycles. The molecule has 1 unspecified atom stereocenters. The molecule has 0 aliphatic heterocycles. The first-order valence-corrected chi connectivity index (χ1v) is 14.8. The van der Waals surface area contributed by atoms with Crippen molar-refractivity contribution in [3.8, 4) is 11.1 Å². The van der Waals surface area contributed by atoms with Crippen LogP contribution in [-0.2, 0) is 25.8 Å². The van der Waals surface area contributed by atoms with E-state index in [2.05, 4.69) is 107 Å². The fourth-order valence-corrected chi connectivity index (χ4v) is 6.51. The van der Waals surface area contributed by atoms with Gasteiger partial charge in [0.15, 0.2) is 0 Å². The van der Waals surface area contributed by atoms with Gasteiger partial charge in [-0.05, 0) is 28.9 Å². The molecule has 1 atom stereocenters. The van der Waals surface area contributed by atoms with Gasteiger partial charge in [-0.1, -0.05) is 107 Å². The normalized spacial score (nSPS) is 26.6. The van der Waals surface area contributed by atoms with Gasteiger partial charge in [0.25, 0.3) is 0 Å². The summed E-state index contributed by atoms with van der Waals surface area (Å²) in [6, 6.07) is 31.2. The number of rotatable bonds is 1. The van der Waals surface area contributed by atoms with Crippen molar-refractivity contribution in [2.75, 3.05) is 0 Å². The molecule has 0 aromatic heterocycles. The van der Waals surface area contributed by atoms with Crippen molar-refractivity contribution in [3.63, 3.8) is 0 Å². The van der Waals surface area contributed by atoms with Crippen LogP contribution in [0.4, 0.5) is 0 Å². The standard InChI is InChI=1S/C12H10.C9H13.C7H10N.C6H7Ge.CH3.Hf/c1-3-7-11(8-4-1)12-9-5-2-6-10-12;1-6-5-7(2)9(4)8(6)3;8-7-1-4-5(2-7)6(4)3-7;7-6-4-2-1-3-5-6;;/h1-10H;6H,1-4H3;4-6,8H,1-3H2;1-5H,7H2;1H3;/q;2*-1;;-1;. The number of nitrogens with one attached hydrogen (secondary N) is 1. The average molecular weight is 729 g/mol. The molecule has 5 aliphatic carbocycles. The second-order valence-corrected chi connectivity index (χ2v) is 12.6. The van der Waals surface area contributed by atoms with Crippen molar-refractivity contribution in [1.82, 2.24) is 0 Å². The molecule has 1 N–H and O–H groups in total. The predicted molar refractivity (Wildman–Crippen MR) is 164 cm³/mol. The van der Waals surface area contributed by atoms with Crippen molar-refractivity contribution in [1.29, 1.82) is 0 Å². The van der Waals surface area contributed by atoms with Crippen LogP contribution < -0.4 is 4.40 Å². The molecule has 3 heteroatoms. The summed E-state index contributed by atoms with van der Waals surface area (Å²) in [6.07, 6.45) is 7.12. The summed E-state index contributed by atoms with van der Waals surface area (Å²) in [5.41, 5.74) is 14.7. The minimum atomic E-state index is 0. The molecule has 8 rings (SSSR count). The summed E-state index contributed by atoms with van der Waals surface area (Å²) in [6.45, 7) is 8.67. The molecular formula is C35H43GeHfN-3. The Morgan fingerprint density at radius 3 is 1.26 bits per heavy atom. The Labute approximate surface area is 259 Å². The zero-order valence-electron chi connectivity index (χ0n) is 23.8. The van der Waals surface area contributed by atoms with Gasteiger partial charge < -0.3 is 13.2 Å². The Morgan fingerprint density at radius 1 is 0.711 bits per heavy atom. The van der Waals surface area contributed by atoms with Gasteiger partial charge in [0.1, 0.15) is 0 Å². The quantitative estimate of drug-likeness (QED) is 0.178. The minimum Gasteiger partial charge on any atom is -0.672 e. The van der Waals surface area contributed by atoms with Crippen LogP contribution in [-0.4, -0.2) is 22.1 Å². The van der Waals surface area contributed by atoms with E-state index in [0.717, 1.165) is 17.8 Å². The maximum absolute atomic E-state index is 7.79. The predicted octanol–water partition coefficient (Wildman–Crippen LogP) is 8.31. The molecule has 199 valence electrons. The van der Waals surface area contributed by atoms with Crippen molar-refractivity contribution in [3.05, 3.63) is 127 Å². The second kappa shape index (κ2) is 14.8. The number of hydrogen-bond acceptors (Lipinski definition) is 0. The van der Waals surface area contributed by atoms with Crippen LogP contribution in [0.2, 0.25) is 0 Å². The Bertz CT molecular complexity index is 1120. The monoisotopic (exact) mass is 731 g/mol. The van der Waals surface area contributed by atoms with E-state index in [-0.39, 0.29) is 38.8 Å². The van der Waals surface area contributed by atoms with Gasteiger partial charge in [0.05, 0.1) is 0 Å². The van der Waals surface area contributed by atoms with Crippen LogP contribution in [0.1, 0.15) is 47.0 Å². The minimum absolute atomic E-state index is 0. The molecule has 3 aromatic carbocycles. The summed E-state index contributed by atoms with van der Waals surface area (Å²) in [5.74, 6) is 3.66. The van der Waals surface area contributed by atoms with E-state index >= 15 is 0 Å². The smallest absolute Gasteiger partial charge is 0 e. The topological polar surface area (TPSA) is 23.8 Å². The molecule has 4 saturated carbocycles. The molecule has 0 spiro atoms. The maximum Gasteiger partial charge on any atom is 0 e. The van der Waals surface area contributed by atoms with Crippen LogP contribution in [0.5, 0.6) is 0 Å². The molecule has 4 bridgehead atoms. The van der Waals surface area contributed by atoms with E-state index < -0.39 is 0 Å². The van der Waals surface area contributed by atoms with Gasteiger partial charge in [-0.15, -0.1) is 12.5 Å². The van der Waals surface area contributed by atoms with Gasteiger partial charge in [-0.25, -0.2) is 5.57 Å². The molecule has 1 radical (unpaired) electrons. The zero-order chi connectivity index (χ0) is 25.7. The second-order valence-electron chi connectivity index (χ2n) is 10.9. The number of allylic oxidation sites excluding steroid dienone is 4. The Kier molecular flexibility index (Phi) is 12.7. The van der Waals surface area contributed by atoms with Crippen molar-refractivity contribution in [2.24, 2.45) is 23.7 Å².